The molecule has 0 atom stereocenters. The van der Waals surface area contributed by atoms with Crippen LogP contribution in [0, 0.1) is 12.8 Å². The van der Waals surface area contributed by atoms with Gasteiger partial charge in [0, 0.05) is 29.8 Å². The van der Waals surface area contributed by atoms with Crippen LogP contribution >= 0.6 is 0 Å². The van der Waals surface area contributed by atoms with Crippen LogP contribution in [0.3, 0.4) is 0 Å². The van der Waals surface area contributed by atoms with Gasteiger partial charge in [-0.3, -0.25) is 14.5 Å². The Morgan fingerprint density at radius 1 is 1.03 bits per heavy atom. The van der Waals surface area contributed by atoms with Gasteiger partial charge in [0.1, 0.15) is 0 Å². The van der Waals surface area contributed by atoms with Crippen LogP contribution in [0.1, 0.15) is 31.2 Å². The topological polar surface area (TPSA) is 100 Å². The van der Waals surface area contributed by atoms with E-state index < -0.39 is 0 Å². The summed E-state index contributed by atoms with van der Waals surface area (Å²) in [7, 11) is 0. The van der Waals surface area contributed by atoms with Gasteiger partial charge < -0.3 is 15.2 Å². The van der Waals surface area contributed by atoms with E-state index >= 15 is 0 Å². The van der Waals surface area contributed by atoms with Crippen molar-refractivity contribution in [3.05, 3.63) is 60.0 Å². The third-order valence-corrected chi connectivity index (χ3v) is 5.64. The molecule has 1 aliphatic heterocycles. The number of aryl methyl sites for hydroxylation is 1. The average molecular weight is 434 g/mol. The van der Waals surface area contributed by atoms with Crippen LogP contribution in [-0.2, 0) is 16.1 Å². The lowest BCUT2D eigenvalue weighted by Crippen LogP contribution is -2.37. The lowest BCUT2D eigenvalue weighted by Gasteiger charge is -2.30. The van der Waals surface area contributed by atoms with Gasteiger partial charge in [0.25, 0.3) is 0 Å². The van der Waals surface area contributed by atoms with Crippen LogP contribution in [0.5, 0.6) is 0 Å². The number of carbonyl (C=O) groups is 2. The molecule has 2 aromatic carbocycles. The molecule has 1 aromatic heterocycles. The number of aromatic nitrogens is 2. The second kappa shape index (κ2) is 9.74. The molecule has 3 aromatic rings. The molecule has 1 fully saturated rings. The minimum absolute atomic E-state index is 0.0246. The fraction of sp³-hybridized carbons (Fsp3) is 0.333. The predicted octanol–water partition coefficient (Wildman–Crippen LogP) is 3.85. The van der Waals surface area contributed by atoms with E-state index in [0.717, 1.165) is 42.7 Å². The molecule has 2 amide bonds. The van der Waals surface area contributed by atoms with E-state index in [-0.39, 0.29) is 17.7 Å². The molecule has 8 nitrogen and oxygen atoms in total. The number of hydrogen-bond acceptors (Lipinski definition) is 6. The Bertz CT molecular complexity index is 1090. The third kappa shape index (κ3) is 5.39. The number of nitrogens with zero attached hydrogens (tertiary/aromatic N) is 3. The standard InChI is InChI=1S/C24H27N5O3/c1-16-5-3-4-6-21(16)23-27-22(32-28-23)15-29-13-11-18(12-14-29)24(31)26-20-9-7-19(8-10-20)25-17(2)30/h3-10,18H,11-15H2,1-2H3,(H,25,30)(H,26,31). The number of amides is 2. The first kappa shape index (κ1) is 21.7. The van der Waals surface area contributed by atoms with Gasteiger partial charge in [-0.1, -0.05) is 29.4 Å². The van der Waals surface area contributed by atoms with Gasteiger partial charge in [-0.15, -0.1) is 0 Å². The maximum Gasteiger partial charge on any atom is 0.241 e. The van der Waals surface area contributed by atoms with Crippen molar-refractivity contribution in [2.75, 3.05) is 23.7 Å². The summed E-state index contributed by atoms with van der Waals surface area (Å²) in [4.78, 5) is 30.5. The molecule has 32 heavy (non-hydrogen) atoms. The van der Waals surface area contributed by atoms with E-state index in [2.05, 4.69) is 25.7 Å². The quantitative estimate of drug-likeness (QED) is 0.612. The molecule has 4 rings (SSSR count). The Labute approximate surface area is 187 Å². The lowest BCUT2D eigenvalue weighted by atomic mass is 9.96. The summed E-state index contributed by atoms with van der Waals surface area (Å²) in [6.45, 7) is 5.66. The summed E-state index contributed by atoms with van der Waals surface area (Å²) in [5.41, 5.74) is 3.51. The van der Waals surface area contributed by atoms with Gasteiger partial charge in [0.15, 0.2) is 0 Å². The first-order valence-electron chi connectivity index (χ1n) is 10.8. The molecule has 2 heterocycles. The van der Waals surface area contributed by atoms with Gasteiger partial charge in [-0.25, -0.2) is 0 Å². The fourth-order valence-corrected chi connectivity index (χ4v) is 3.88. The molecule has 166 valence electrons. The van der Waals surface area contributed by atoms with Gasteiger partial charge in [-0.2, -0.15) is 4.98 Å². The molecule has 8 heteroatoms. The molecule has 1 aliphatic rings. The SMILES string of the molecule is CC(=O)Nc1ccc(NC(=O)C2CCN(Cc3nc(-c4ccccc4C)no3)CC2)cc1. The summed E-state index contributed by atoms with van der Waals surface area (Å²) < 4.78 is 5.46. The Morgan fingerprint density at radius 3 is 2.34 bits per heavy atom. The Morgan fingerprint density at radius 2 is 1.69 bits per heavy atom. The highest BCUT2D eigenvalue weighted by molar-refractivity contribution is 5.93. The highest BCUT2D eigenvalue weighted by Gasteiger charge is 2.26. The van der Waals surface area contributed by atoms with Crippen molar-refractivity contribution in [2.24, 2.45) is 5.92 Å². The van der Waals surface area contributed by atoms with Crippen LogP contribution in [0.4, 0.5) is 11.4 Å². The average Bonchev–Trinajstić information content (AvgIpc) is 3.24. The number of rotatable bonds is 6. The zero-order valence-electron chi connectivity index (χ0n) is 18.3. The summed E-state index contributed by atoms with van der Waals surface area (Å²) in [5, 5.41) is 9.81. The van der Waals surface area contributed by atoms with E-state index in [4.69, 9.17) is 4.52 Å². The maximum atomic E-state index is 12.6. The van der Waals surface area contributed by atoms with Crippen LogP contribution in [-0.4, -0.2) is 39.9 Å². The lowest BCUT2D eigenvalue weighted by molar-refractivity contribution is -0.121. The zero-order chi connectivity index (χ0) is 22.5. The summed E-state index contributed by atoms with van der Waals surface area (Å²) >= 11 is 0. The smallest absolute Gasteiger partial charge is 0.241 e. The zero-order valence-corrected chi connectivity index (χ0v) is 18.3. The Kier molecular flexibility index (Phi) is 6.61. The minimum atomic E-state index is -0.125. The van der Waals surface area contributed by atoms with Crippen LogP contribution < -0.4 is 10.6 Å². The first-order valence-corrected chi connectivity index (χ1v) is 10.8. The summed E-state index contributed by atoms with van der Waals surface area (Å²) in [5.74, 6) is 1.06. The molecule has 0 bridgehead atoms. The van der Waals surface area contributed by atoms with Crippen molar-refractivity contribution in [3.63, 3.8) is 0 Å². The maximum absolute atomic E-state index is 12.6. The highest BCUT2D eigenvalue weighted by atomic mass is 16.5. The monoisotopic (exact) mass is 433 g/mol. The van der Waals surface area contributed by atoms with Crippen molar-refractivity contribution < 1.29 is 14.1 Å². The molecule has 0 aliphatic carbocycles. The van der Waals surface area contributed by atoms with E-state index in [0.29, 0.717) is 23.9 Å². The number of carbonyl (C=O) groups excluding carboxylic acids is 2. The second-order valence-corrected chi connectivity index (χ2v) is 8.12. The number of piperidine rings is 1. The number of anilines is 2. The van der Waals surface area contributed by atoms with Gasteiger partial charge in [0.2, 0.25) is 23.5 Å². The van der Waals surface area contributed by atoms with Crippen molar-refractivity contribution in [2.45, 2.75) is 33.2 Å². The van der Waals surface area contributed by atoms with E-state index in [1.807, 2.05) is 31.2 Å². The molecule has 0 unspecified atom stereocenters. The largest absolute Gasteiger partial charge is 0.338 e. The number of benzene rings is 2. The highest BCUT2D eigenvalue weighted by Crippen LogP contribution is 2.23. The Hall–Kier alpha value is -3.52. The molecular weight excluding hydrogens is 406 g/mol. The third-order valence-electron chi connectivity index (χ3n) is 5.64. The van der Waals surface area contributed by atoms with Crippen molar-refractivity contribution in [1.29, 1.82) is 0 Å². The summed E-state index contributed by atoms with van der Waals surface area (Å²) in [6.07, 6.45) is 1.54. The number of nitrogens with one attached hydrogen (secondary N) is 2. The van der Waals surface area contributed by atoms with Crippen LogP contribution in [0.25, 0.3) is 11.4 Å². The first-order chi connectivity index (χ1) is 15.5. The van der Waals surface area contributed by atoms with Gasteiger partial charge in [0.05, 0.1) is 6.54 Å². The second-order valence-electron chi connectivity index (χ2n) is 8.12. The van der Waals surface area contributed by atoms with E-state index in [1.54, 1.807) is 24.3 Å². The van der Waals surface area contributed by atoms with Crippen molar-refractivity contribution in [3.8, 4) is 11.4 Å². The van der Waals surface area contributed by atoms with Crippen LogP contribution in [0.15, 0.2) is 53.1 Å². The Balaban J connectivity index is 1.26. The molecular formula is C24H27N5O3. The van der Waals surface area contributed by atoms with E-state index in [9.17, 15) is 9.59 Å². The number of hydrogen-bond donors (Lipinski definition) is 2. The fourth-order valence-electron chi connectivity index (χ4n) is 3.88. The predicted molar refractivity (Wildman–Crippen MR) is 122 cm³/mol. The van der Waals surface area contributed by atoms with Crippen molar-refractivity contribution in [1.82, 2.24) is 15.0 Å². The molecule has 0 saturated carbocycles. The van der Waals surface area contributed by atoms with E-state index in [1.165, 1.54) is 6.92 Å². The van der Waals surface area contributed by atoms with Crippen molar-refractivity contribution >= 4 is 23.2 Å². The minimum Gasteiger partial charge on any atom is -0.338 e. The molecule has 0 spiro atoms. The van der Waals surface area contributed by atoms with Gasteiger partial charge >= 0.3 is 0 Å². The molecule has 2 N–H and O–H groups in total. The van der Waals surface area contributed by atoms with Gasteiger partial charge in [-0.05, 0) is 62.7 Å². The normalized spacial score (nSPS) is 14.8. The molecule has 0 radical (unpaired) electrons. The summed E-state index contributed by atoms with van der Waals surface area (Å²) in [6, 6.07) is 15.1. The number of likely N-dealkylation sites (tertiary alicyclic amines) is 1. The van der Waals surface area contributed by atoms with Crippen LogP contribution in [0.2, 0.25) is 0 Å². The molecule has 1 saturated heterocycles.